The number of carbonyl (C=O) groups excluding carboxylic acids is 1. The molecule has 0 amide bonds. The van der Waals surface area contributed by atoms with Crippen LogP contribution >= 0.6 is 0 Å². The van der Waals surface area contributed by atoms with Crippen molar-refractivity contribution in [1.82, 2.24) is 0 Å². The molecule has 1 heterocycles. The molecule has 0 saturated carbocycles. The minimum Gasteiger partial charge on any atom is -0.458 e. The smallest absolute Gasteiger partial charge is 0.303 e. The summed E-state index contributed by atoms with van der Waals surface area (Å²) in [6.45, 7) is 3.34. The van der Waals surface area contributed by atoms with Crippen LogP contribution in [0.3, 0.4) is 0 Å². The largest absolute Gasteiger partial charge is 0.458 e. The maximum Gasteiger partial charge on any atom is 0.303 e. The number of rotatable bonds is 27. The summed E-state index contributed by atoms with van der Waals surface area (Å²) in [4.78, 5) is 11.5. The highest BCUT2D eigenvalue weighted by atomic mass is 16.7. The van der Waals surface area contributed by atoms with Crippen LogP contribution in [0.5, 0.6) is 0 Å². The third-order valence-corrected chi connectivity index (χ3v) is 7.38. The molecule has 0 bridgehead atoms. The number of unbranched alkanes of at least 4 members (excludes halogenated alkanes) is 4. The SMILES string of the molecule is CC/C=C\C/C=C\C/C=C\C/C=C\C/C=C\C/C=C\C/C=C\CCCCCCOCC(COC1OC(CO)C(O)C(O)C1O)OC(C)=O. The molecule has 272 valence electrons. The van der Waals surface area contributed by atoms with Crippen molar-refractivity contribution in [2.24, 2.45) is 0 Å². The van der Waals surface area contributed by atoms with Gasteiger partial charge < -0.3 is 39.4 Å². The molecule has 9 nitrogen and oxygen atoms in total. The number of aliphatic hydroxyl groups excluding tert-OH is 4. The summed E-state index contributed by atoms with van der Waals surface area (Å²) in [5.74, 6) is -0.505. The molecule has 0 aromatic rings. The highest BCUT2D eigenvalue weighted by Gasteiger charge is 2.44. The minimum atomic E-state index is -1.54. The van der Waals surface area contributed by atoms with E-state index in [0.717, 1.165) is 77.0 Å². The first-order valence-electron chi connectivity index (χ1n) is 17.6. The number of aliphatic hydroxyl groups is 4. The van der Waals surface area contributed by atoms with Crippen molar-refractivity contribution < 1.29 is 44.2 Å². The molecule has 1 aliphatic rings. The van der Waals surface area contributed by atoms with Gasteiger partial charge in [-0.25, -0.2) is 0 Å². The summed E-state index contributed by atoms with van der Waals surface area (Å²) in [7, 11) is 0. The van der Waals surface area contributed by atoms with Crippen molar-refractivity contribution in [3.63, 3.8) is 0 Å². The van der Waals surface area contributed by atoms with E-state index >= 15 is 0 Å². The lowest BCUT2D eigenvalue weighted by molar-refractivity contribution is -0.305. The van der Waals surface area contributed by atoms with Gasteiger partial charge in [0.25, 0.3) is 0 Å². The van der Waals surface area contributed by atoms with Gasteiger partial charge in [-0.3, -0.25) is 4.79 Å². The van der Waals surface area contributed by atoms with Crippen LogP contribution in [0.4, 0.5) is 0 Å². The Bertz CT molecular complexity index is 995. The van der Waals surface area contributed by atoms with Crippen LogP contribution in [-0.2, 0) is 23.7 Å². The maximum atomic E-state index is 11.5. The average molecular weight is 675 g/mol. The fourth-order valence-corrected chi connectivity index (χ4v) is 4.70. The molecule has 6 unspecified atom stereocenters. The molecule has 1 fully saturated rings. The first-order chi connectivity index (χ1) is 23.4. The summed E-state index contributed by atoms with van der Waals surface area (Å²) in [5.41, 5.74) is 0. The van der Waals surface area contributed by atoms with Gasteiger partial charge in [-0.05, 0) is 64.2 Å². The maximum absolute atomic E-state index is 11.5. The van der Waals surface area contributed by atoms with Gasteiger partial charge in [0.2, 0.25) is 0 Å². The summed E-state index contributed by atoms with van der Waals surface area (Å²) in [6.07, 6.45) is 35.4. The average Bonchev–Trinajstić information content (AvgIpc) is 3.07. The highest BCUT2D eigenvalue weighted by Crippen LogP contribution is 2.22. The number of ether oxygens (including phenoxy) is 4. The molecule has 1 aliphatic heterocycles. The Labute approximate surface area is 289 Å². The van der Waals surface area contributed by atoms with Crippen molar-refractivity contribution in [3.05, 3.63) is 85.1 Å². The van der Waals surface area contributed by atoms with E-state index < -0.39 is 49.4 Å². The molecule has 0 aromatic heterocycles. The standard InChI is InChI=1S/C39H62O9/c1-3-4-5-6-7-8-9-10-11-12-13-14-15-16-17-18-19-20-21-22-23-24-25-26-27-28-29-45-31-34(47-33(2)41)32-46-39-38(44)37(43)36(42)35(30-40)48-39/h4-5,7-8,10-11,13-14,16-17,19-20,22-23,34-40,42-44H,3,6,9,12,15,18,21,24-32H2,1-2H3/b5-4-,8-7-,11-10-,14-13-,17-16-,20-19-,23-22-. The van der Waals surface area contributed by atoms with Crippen molar-refractivity contribution in [2.75, 3.05) is 26.4 Å². The number of allylic oxidation sites excluding steroid dienone is 14. The van der Waals surface area contributed by atoms with E-state index in [9.17, 15) is 25.2 Å². The zero-order valence-corrected chi connectivity index (χ0v) is 29.2. The van der Waals surface area contributed by atoms with Gasteiger partial charge in [-0.1, -0.05) is 105 Å². The molecule has 0 aromatic carbocycles. The second-order valence-electron chi connectivity index (χ2n) is 11.7. The number of hydrogen-bond acceptors (Lipinski definition) is 9. The Morgan fingerprint density at radius 1 is 0.667 bits per heavy atom. The van der Waals surface area contributed by atoms with Gasteiger partial charge in [0.15, 0.2) is 6.29 Å². The van der Waals surface area contributed by atoms with Crippen LogP contribution in [0, 0.1) is 0 Å². The topological polar surface area (TPSA) is 135 Å². The fraction of sp³-hybridized carbons (Fsp3) is 0.615. The van der Waals surface area contributed by atoms with Crippen LogP contribution in [-0.4, -0.2) is 89.6 Å². The van der Waals surface area contributed by atoms with Gasteiger partial charge in [0.05, 0.1) is 19.8 Å². The molecule has 4 N–H and O–H groups in total. The predicted octanol–water partition coefficient (Wildman–Crippen LogP) is 6.35. The molecule has 9 heteroatoms. The summed E-state index contributed by atoms with van der Waals surface area (Å²) in [6, 6.07) is 0. The molecule has 0 radical (unpaired) electrons. The van der Waals surface area contributed by atoms with Crippen molar-refractivity contribution in [3.8, 4) is 0 Å². The predicted molar refractivity (Wildman–Crippen MR) is 191 cm³/mol. The van der Waals surface area contributed by atoms with E-state index in [1.165, 1.54) is 6.92 Å². The third-order valence-electron chi connectivity index (χ3n) is 7.38. The second kappa shape index (κ2) is 30.4. The van der Waals surface area contributed by atoms with Crippen LogP contribution in [0.15, 0.2) is 85.1 Å². The Morgan fingerprint density at radius 3 is 1.67 bits per heavy atom. The van der Waals surface area contributed by atoms with Gasteiger partial charge in [0, 0.05) is 13.5 Å². The van der Waals surface area contributed by atoms with Gasteiger partial charge in [0.1, 0.15) is 30.5 Å². The monoisotopic (exact) mass is 674 g/mol. The van der Waals surface area contributed by atoms with Crippen molar-refractivity contribution in [2.45, 2.75) is 128 Å². The normalized spacial score (nSPS) is 23.0. The van der Waals surface area contributed by atoms with E-state index in [-0.39, 0.29) is 13.2 Å². The van der Waals surface area contributed by atoms with E-state index in [1.54, 1.807) is 0 Å². The molecular formula is C39H62O9. The quantitative estimate of drug-likeness (QED) is 0.0447. The Balaban J connectivity index is 2.04. The zero-order chi connectivity index (χ0) is 35.1. The zero-order valence-electron chi connectivity index (χ0n) is 29.2. The highest BCUT2D eigenvalue weighted by molar-refractivity contribution is 5.66. The molecular weight excluding hydrogens is 612 g/mol. The number of esters is 1. The molecule has 0 spiro atoms. The van der Waals surface area contributed by atoms with Crippen LogP contribution in [0.2, 0.25) is 0 Å². The lowest BCUT2D eigenvalue weighted by Crippen LogP contribution is -2.59. The van der Waals surface area contributed by atoms with Gasteiger partial charge in [-0.2, -0.15) is 0 Å². The molecule has 48 heavy (non-hydrogen) atoms. The van der Waals surface area contributed by atoms with E-state index in [2.05, 4.69) is 92.0 Å². The number of hydrogen-bond donors (Lipinski definition) is 4. The lowest BCUT2D eigenvalue weighted by atomic mass is 9.99. The van der Waals surface area contributed by atoms with Crippen molar-refractivity contribution >= 4 is 5.97 Å². The van der Waals surface area contributed by atoms with E-state index in [0.29, 0.717) is 6.61 Å². The van der Waals surface area contributed by atoms with Crippen LogP contribution in [0.25, 0.3) is 0 Å². The summed E-state index contributed by atoms with van der Waals surface area (Å²) in [5, 5.41) is 39.2. The Kier molecular flexibility index (Phi) is 27.5. The summed E-state index contributed by atoms with van der Waals surface area (Å²) >= 11 is 0. The third kappa shape index (κ3) is 22.9. The molecule has 6 atom stereocenters. The number of carbonyl (C=O) groups is 1. The van der Waals surface area contributed by atoms with Crippen LogP contribution < -0.4 is 0 Å². The summed E-state index contributed by atoms with van der Waals surface area (Å²) < 4.78 is 21.7. The van der Waals surface area contributed by atoms with Gasteiger partial charge >= 0.3 is 5.97 Å². The first-order valence-corrected chi connectivity index (χ1v) is 17.6. The fourth-order valence-electron chi connectivity index (χ4n) is 4.70. The van der Waals surface area contributed by atoms with E-state index in [4.69, 9.17) is 18.9 Å². The van der Waals surface area contributed by atoms with E-state index in [1.807, 2.05) is 0 Å². The van der Waals surface area contributed by atoms with Crippen LogP contribution in [0.1, 0.15) is 90.9 Å². The molecule has 1 saturated heterocycles. The lowest BCUT2D eigenvalue weighted by Gasteiger charge is -2.39. The Morgan fingerprint density at radius 2 is 1.17 bits per heavy atom. The minimum absolute atomic E-state index is 0.105. The molecule has 1 rings (SSSR count). The second-order valence-corrected chi connectivity index (χ2v) is 11.7. The van der Waals surface area contributed by atoms with Gasteiger partial charge in [-0.15, -0.1) is 0 Å². The van der Waals surface area contributed by atoms with Crippen molar-refractivity contribution in [1.29, 1.82) is 0 Å². The first kappa shape index (κ1) is 43.4. The molecule has 0 aliphatic carbocycles. The Hall–Kier alpha value is -2.63.